The Morgan fingerprint density at radius 2 is 2.30 bits per heavy atom. The van der Waals surface area contributed by atoms with E-state index in [4.69, 9.17) is 0 Å². The maximum Gasteiger partial charge on any atom is 0.283 e. The van der Waals surface area contributed by atoms with Crippen molar-refractivity contribution in [2.75, 3.05) is 11.9 Å². The number of hydrogen-bond acceptors (Lipinski definition) is 5. The molecule has 20 heavy (non-hydrogen) atoms. The summed E-state index contributed by atoms with van der Waals surface area (Å²) in [5.41, 5.74) is 0.588. The van der Waals surface area contributed by atoms with Gasteiger partial charge in [-0.15, -0.1) is 0 Å². The number of halogens is 1. The van der Waals surface area contributed by atoms with E-state index in [1.54, 1.807) is 6.20 Å². The van der Waals surface area contributed by atoms with Crippen molar-refractivity contribution in [3.8, 4) is 0 Å². The van der Waals surface area contributed by atoms with Crippen LogP contribution in [0.2, 0.25) is 0 Å². The van der Waals surface area contributed by atoms with Gasteiger partial charge in [0.1, 0.15) is 16.6 Å². The van der Waals surface area contributed by atoms with Gasteiger partial charge in [0.05, 0.1) is 17.9 Å². The molecule has 0 radical (unpaired) electrons. The van der Waals surface area contributed by atoms with Crippen LogP contribution in [0.15, 0.2) is 21.8 Å². The first-order valence-corrected chi connectivity index (χ1v) is 7.24. The molecule has 7 nitrogen and oxygen atoms in total. The van der Waals surface area contributed by atoms with Crippen molar-refractivity contribution in [1.82, 2.24) is 25.0 Å². The molecule has 0 aliphatic heterocycles. The fraction of sp³-hybridized carbons (Fsp3) is 0.500. The first-order chi connectivity index (χ1) is 9.59. The van der Waals surface area contributed by atoms with E-state index < -0.39 is 0 Å². The maximum atomic E-state index is 12.0. The Bertz CT molecular complexity index is 607. The molecule has 2 aromatic heterocycles. The quantitative estimate of drug-likeness (QED) is 0.782. The Balaban J connectivity index is 1.93. The molecule has 2 heterocycles. The highest BCUT2D eigenvalue weighted by molar-refractivity contribution is 9.10. The Kier molecular flexibility index (Phi) is 4.89. The van der Waals surface area contributed by atoms with Gasteiger partial charge in [-0.1, -0.05) is 0 Å². The van der Waals surface area contributed by atoms with Crippen molar-refractivity contribution >= 4 is 21.6 Å². The van der Waals surface area contributed by atoms with E-state index >= 15 is 0 Å². The van der Waals surface area contributed by atoms with Crippen molar-refractivity contribution in [3.05, 3.63) is 33.2 Å². The summed E-state index contributed by atoms with van der Waals surface area (Å²) in [4.78, 5) is 16.1. The van der Waals surface area contributed by atoms with Gasteiger partial charge in [-0.2, -0.15) is 10.2 Å². The SMILES string of the molecule is CC(C)n1ncc(NCCCc2ncn[nH]2)c(Br)c1=O. The van der Waals surface area contributed by atoms with Gasteiger partial charge in [-0.05, 0) is 36.2 Å². The van der Waals surface area contributed by atoms with Crippen LogP contribution in [0.5, 0.6) is 0 Å². The van der Waals surface area contributed by atoms with Crippen LogP contribution in [-0.4, -0.2) is 31.5 Å². The van der Waals surface area contributed by atoms with E-state index in [1.807, 2.05) is 13.8 Å². The van der Waals surface area contributed by atoms with Gasteiger partial charge in [0.25, 0.3) is 5.56 Å². The lowest BCUT2D eigenvalue weighted by molar-refractivity contribution is 0.501. The molecule has 0 atom stereocenters. The Morgan fingerprint density at radius 1 is 1.50 bits per heavy atom. The second-order valence-corrected chi connectivity index (χ2v) is 5.47. The molecule has 8 heteroatoms. The molecule has 0 aliphatic carbocycles. The number of H-pyrrole nitrogens is 1. The molecule has 0 aromatic carbocycles. The average molecular weight is 341 g/mol. The summed E-state index contributed by atoms with van der Waals surface area (Å²) in [6.45, 7) is 4.57. The molecular formula is C12H17BrN6O. The highest BCUT2D eigenvalue weighted by Gasteiger charge is 2.10. The van der Waals surface area contributed by atoms with Crippen LogP contribution >= 0.6 is 15.9 Å². The Morgan fingerprint density at radius 3 is 2.95 bits per heavy atom. The van der Waals surface area contributed by atoms with Gasteiger partial charge in [0.2, 0.25) is 0 Å². The first-order valence-electron chi connectivity index (χ1n) is 6.45. The van der Waals surface area contributed by atoms with Crippen LogP contribution in [0.25, 0.3) is 0 Å². The third-order valence-electron chi connectivity index (χ3n) is 2.80. The largest absolute Gasteiger partial charge is 0.383 e. The van der Waals surface area contributed by atoms with Gasteiger partial charge >= 0.3 is 0 Å². The zero-order chi connectivity index (χ0) is 14.5. The van der Waals surface area contributed by atoms with E-state index in [0.29, 0.717) is 10.2 Å². The van der Waals surface area contributed by atoms with Crippen LogP contribution in [-0.2, 0) is 6.42 Å². The van der Waals surface area contributed by atoms with E-state index in [2.05, 4.69) is 41.5 Å². The van der Waals surface area contributed by atoms with Crippen molar-refractivity contribution in [2.45, 2.75) is 32.7 Å². The molecule has 2 N–H and O–H groups in total. The number of aryl methyl sites for hydroxylation is 1. The third-order valence-corrected chi connectivity index (χ3v) is 3.57. The molecule has 0 aliphatic rings. The van der Waals surface area contributed by atoms with Gasteiger partial charge in [-0.3, -0.25) is 9.89 Å². The lowest BCUT2D eigenvalue weighted by Gasteiger charge is -2.12. The molecular weight excluding hydrogens is 324 g/mol. The summed E-state index contributed by atoms with van der Waals surface area (Å²) in [6.07, 6.45) is 4.85. The van der Waals surface area contributed by atoms with E-state index in [0.717, 1.165) is 25.2 Å². The monoisotopic (exact) mass is 340 g/mol. The fourth-order valence-electron chi connectivity index (χ4n) is 1.77. The highest BCUT2D eigenvalue weighted by atomic mass is 79.9. The van der Waals surface area contributed by atoms with Gasteiger partial charge < -0.3 is 5.32 Å². The van der Waals surface area contributed by atoms with E-state index in [-0.39, 0.29) is 11.6 Å². The van der Waals surface area contributed by atoms with E-state index in [9.17, 15) is 4.79 Å². The number of aromatic amines is 1. The zero-order valence-electron chi connectivity index (χ0n) is 11.4. The molecule has 0 spiro atoms. The number of nitrogens with one attached hydrogen (secondary N) is 2. The second-order valence-electron chi connectivity index (χ2n) is 4.68. The molecule has 2 aromatic rings. The Hall–Kier alpha value is -1.70. The van der Waals surface area contributed by atoms with Gasteiger partial charge in [-0.25, -0.2) is 9.67 Å². The number of aromatic nitrogens is 5. The second kappa shape index (κ2) is 6.65. The normalized spacial score (nSPS) is 11.0. The first kappa shape index (κ1) is 14.7. The van der Waals surface area contributed by atoms with E-state index in [1.165, 1.54) is 11.0 Å². The highest BCUT2D eigenvalue weighted by Crippen LogP contribution is 2.17. The molecule has 108 valence electrons. The smallest absolute Gasteiger partial charge is 0.283 e. The number of nitrogens with zero attached hydrogens (tertiary/aromatic N) is 4. The van der Waals surface area contributed by atoms with Crippen molar-refractivity contribution in [3.63, 3.8) is 0 Å². The molecule has 0 unspecified atom stereocenters. The van der Waals surface area contributed by atoms with Gasteiger partial charge in [0.15, 0.2) is 0 Å². The lowest BCUT2D eigenvalue weighted by Crippen LogP contribution is -2.26. The van der Waals surface area contributed by atoms with Crippen LogP contribution in [0.4, 0.5) is 5.69 Å². The topological polar surface area (TPSA) is 88.5 Å². The number of anilines is 1. The molecule has 0 saturated heterocycles. The number of hydrogen-bond donors (Lipinski definition) is 2. The molecule has 0 fully saturated rings. The number of rotatable bonds is 6. The maximum absolute atomic E-state index is 12.0. The predicted molar refractivity (Wildman–Crippen MR) is 79.8 cm³/mol. The minimum absolute atomic E-state index is 0.0410. The van der Waals surface area contributed by atoms with Crippen LogP contribution in [0.3, 0.4) is 0 Å². The lowest BCUT2D eigenvalue weighted by atomic mass is 10.3. The summed E-state index contributed by atoms with van der Waals surface area (Å²) >= 11 is 3.33. The Labute approximate surface area is 124 Å². The summed E-state index contributed by atoms with van der Waals surface area (Å²) in [7, 11) is 0. The minimum atomic E-state index is -0.125. The minimum Gasteiger partial charge on any atom is -0.383 e. The average Bonchev–Trinajstić information content (AvgIpc) is 2.92. The van der Waals surface area contributed by atoms with Gasteiger partial charge in [0, 0.05) is 13.0 Å². The summed E-state index contributed by atoms with van der Waals surface area (Å²) in [5.74, 6) is 0.860. The molecule has 2 rings (SSSR count). The third kappa shape index (κ3) is 3.44. The van der Waals surface area contributed by atoms with Crippen LogP contribution < -0.4 is 10.9 Å². The van der Waals surface area contributed by atoms with Crippen molar-refractivity contribution in [1.29, 1.82) is 0 Å². The van der Waals surface area contributed by atoms with Crippen LogP contribution in [0, 0.1) is 0 Å². The summed E-state index contributed by atoms with van der Waals surface area (Å²) in [5, 5.41) is 14.0. The standard InChI is InChI=1S/C12H17BrN6O/c1-8(2)19-12(20)11(13)9(6-17-19)14-5-3-4-10-15-7-16-18-10/h6-8,14H,3-5H2,1-2H3,(H,15,16,18). The predicted octanol–water partition coefficient (Wildman–Crippen LogP) is 1.75. The van der Waals surface area contributed by atoms with Crippen LogP contribution in [0.1, 0.15) is 32.1 Å². The fourth-order valence-corrected chi connectivity index (χ4v) is 2.19. The molecule has 0 saturated carbocycles. The summed E-state index contributed by atoms with van der Waals surface area (Å²) < 4.78 is 1.96. The molecule has 0 amide bonds. The zero-order valence-corrected chi connectivity index (χ0v) is 13.0. The summed E-state index contributed by atoms with van der Waals surface area (Å²) in [6, 6.07) is 0.0410. The van der Waals surface area contributed by atoms with Crippen molar-refractivity contribution in [2.24, 2.45) is 0 Å². The van der Waals surface area contributed by atoms with Crippen molar-refractivity contribution < 1.29 is 0 Å². The molecule has 0 bridgehead atoms.